The van der Waals surface area contributed by atoms with Crippen LogP contribution in [0.2, 0.25) is 0 Å². The minimum Gasteiger partial charge on any atom is -0.355 e. The van der Waals surface area contributed by atoms with Crippen molar-refractivity contribution in [1.29, 1.82) is 0 Å². The van der Waals surface area contributed by atoms with E-state index in [1.807, 2.05) is 24.3 Å². The summed E-state index contributed by atoms with van der Waals surface area (Å²) < 4.78 is 5.52. The maximum Gasteiger partial charge on any atom is 0.230 e. The van der Waals surface area contributed by atoms with Gasteiger partial charge in [0.2, 0.25) is 11.7 Å². The Labute approximate surface area is 158 Å². The summed E-state index contributed by atoms with van der Waals surface area (Å²) in [5, 5.41) is 4.14. The van der Waals surface area contributed by atoms with Crippen LogP contribution in [0.25, 0.3) is 11.4 Å². The molecule has 0 spiro atoms. The van der Waals surface area contributed by atoms with E-state index >= 15 is 0 Å². The first kappa shape index (κ1) is 18.3. The van der Waals surface area contributed by atoms with Crippen LogP contribution in [0.3, 0.4) is 0 Å². The third-order valence-electron chi connectivity index (χ3n) is 4.61. The highest BCUT2D eigenvalue weighted by molar-refractivity contribution is 5.85. The molecule has 1 fully saturated rings. The molecule has 136 valence electrons. The third kappa shape index (κ3) is 3.84. The summed E-state index contributed by atoms with van der Waals surface area (Å²) in [6.45, 7) is 2.35. The third-order valence-corrected chi connectivity index (χ3v) is 4.61. The van der Waals surface area contributed by atoms with Gasteiger partial charge in [0.05, 0.1) is 6.20 Å². The van der Waals surface area contributed by atoms with Gasteiger partial charge in [0, 0.05) is 43.5 Å². The molecule has 2 aromatic heterocycles. The van der Waals surface area contributed by atoms with Gasteiger partial charge in [-0.05, 0) is 18.4 Å². The molecule has 3 aromatic rings. The lowest BCUT2D eigenvalue weighted by Gasteiger charge is -2.30. The molecule has 0 radical (unpaired) electrons. The smallest absolute Gasteiger partial charge is 0.230 e. The molecule has 0 atom stereocenters. The van der Waals surface area contributed by atoms with Gasteiger partial charge >= 0.3 is 0 Å². The molecular formula is C18H21ClN6O. The van der Waals surface area contributed by atoms with E-state index in [1.165, 1.54) is 0 Å². The van der Waals surface area contributed by atoms with Crippen molar-refractivity contribution in [2.45, 2.75) is 25.3 Å². The van der Waals surface area contributed by atoms with E-state index in [1.54, 1.807) is 18.6 Å². The maximum absolute atomic E-state index is 5.63. The predicted octanol–water partition coefficient (Wildman–Crippen LogP) is 2.79. The van der Waals surface area contributed by atoms with E-state index in [0.717, 1.165) is 48.8 Å². The number of nitrogens with zero attached hydrogens (tertiary/aromatic N) is 5. The van der Waals surface area contributed by atoms with Crippen LogP contribution in [0.15, 0.2) is 47.4 Å². The predicted molar refractivity (Wildman–Crippen MR) is 101 cm³/mol. The number of nitrogens with two attached hydrogens (primary N) is 1. The van der Waals surface area contributed by atoms with Gasteiger partial charge in [-0.15, -0.1) is 12.4 Å². The summed E-state index contributed by atoms with van der Waals surface area (Å²) in [5.74, 6) is 2.57. The second kappa shape index (κ2) is 8.25. The fourth-order valence-corrected chi connectivity index (χ4v) is 3.12. The van der Waals surface area contributed by atoms with Crippen LogP contribution in [0.1, 0.15) is 30.2 Å². The molecule has 4 rings (SSSR count). The molecule has 26 heavy (non-hydrogen) atoms. The number of halogens is 1. The number of benzene rings is 1. The Morgan fingerprint density at radius 1 is 1.12 bits per heavy atom. The Morgan fingerprint density at radius 2 is 1.88 bits per heavy atom. The summed E-state index contributed by atoms with van der Waals surface area (Å²) >= 11 is 0. The summed E-state index contributed by atoms with van der Waals surface area (Å²) in [4.78, 5) is 15.3. The number of hydrogen-bond acceptors (Lipinski definition) is 7. The van der Waals surface area contributed by atoms with E-state index in [9.17, 15) is 0 Å². The Morgan fingerprint density at radius 3 is 2.54 bits per heavy atom. The summed E-state index contributed by atoms with van der Waals surface area (Å²) in [7, 11) is 0. The SMILES string of the molecule is Cl.NCc1ccc(-c2noc(C3CCN(c4cnccn4)CC3)n2)cc1. The molecule has 0 saturated carbocycles. The molecule has 0 unspecified atom stereocenters. The van der Waals surface area contributed by atoms with Crippen LogP contribution in [-0.4, -0.2) is 33.2 Å². The molecule has 1 saturated heterocycles. The maximum atomic E-state index is 5.63. The molecule has 0 amide bonds. The first-order chi connectivity index (χ1) is 12.3. The van der Waals surface area contributed by atoms with Crippen LogP contribution in [0.4, 0.5) is 5.82 Å². The Kier molecular flexibility index (Phi) is 5.80. The fraction of sp³-hybridized carbons (Fsp3) is 0.333. The molecule has 0 aliphatic carbocycles. The topological polar surface area (TPSA) is 94.0 Å². The highest BCUT2D eigenvalue weighted by atomic mass is 35.5. The van der Waals surface area contributed by atoms with Crippen LogP contribution < -0.4 is 10.6 Å². The number of anilines is 1. The highest BCUT2D eigenvalue weighted by Crippen LogP contribution is 2.30. The van der Waals surface area contributed by atoms with Crippen molar-refractivity contribution in [3.8, 4) is 11.4 Å². The molecule has 2 N–H and O–H groups in total. The lowest BCUT2D eigenvalue weighted by atomic mass is 9.97. The number of rotatable bonds is 4. The molecular weight excluding hydrogens is 352 g/mol. The van der Waals surface area contributed by atoms with Crippen molar-refractivity contribution < 1.29 is 4.52 Å². The van der Waals surface area contributed by atoms with Crippen molar-refractivity contribution in [2.75, 3.05) is 18.0 Å². The van der Waals surface area contributed by atoms with E-state index < -0.39 is 0 Å². The zero-order chi connectivity index (χ0) is 17.1. The number of piperidine rings is 1. The van der Waals surface area contributed by atoms with E-state index in [2.05, 4.69) is 25.0 Å². The highest BCUT2D eigenvalue weighted by Gasteiger charge is 2.26. The minimum atomic E-state index is 0. The fourth-order valence-electron chi connectivity index (χ4n) is 3.12. The Balaban J connectivity index is 0.00000196. The van der Waals surface area contributed by atoms with Crippen molar-refractivity contribution in [3.63, 3.8) is 0 Å². The van der Waals surface area contributed by atoms with Crippen LogP contribution in [-0.2, 0) is 6.54 Å². The zero-order valence-corrected chi connectivity index (χ0v) is 15.1. The van der Waals surface area contributed by atoms with Gasteiger partial charge in [-0.1, -0.05) is 29.4 Å². The molecule has 3 heterocycles. The van der Waals surface area contributed by atoms with E-state index in [4.69, 9.17) is 10.3 Å². The molecule has 1 aliphatic heterocycles. The average Bonchev–Trinajstić information content (AvgIpc) is 3.19. The summed E-state index contributed by atoms with van der Waals surface area (Å²) in [6, 6.07) is 7.94. The van der Waals surface area contributed by atoms with Crippen molar-refractivity contribution >= 4 is 18.2 Å². The number of hydrogen-bond donors (Lipinski definition) is 1. The zero-order valence-electron chi connectivity index (χ0n) is 14.3. The largest absolute Gasteiger partial charge is 0.355 e. The number of aromatic nitrogens is 4. The van der Waals surface area contributed by atoms with Crippen molar-refractivity contribution in [3.05, 3.63) is 54.3 Å². The van der Waals surface area contributed by atoms with Gasteiger partial charge in [0.25, 0.3) is 0 Å². The molecule has 8 heteroatoms. The van der Waals surface area contributed by atoms with Crippen LogP contribution >= 0.6 is 12.4 Å². The van der Waals surface area contributed by atoms with Gasteiger partial charge in [-0.25, -0.2) is 4.98 Å². The van der Waals surface area contributed by atoms with Gasteiger partial charge in [-0.3, -0.25) is 4.98 Å². The first-order valence-electron chi connectivity index (χ1n) is 8.47. The first-order valence-corrected chi connectivity index (χ1v) is 8.47. The summed E-state index contributed by atoms with van der Waals surface area (Å²) in [5.41, 5.74) is 7.67. The lowest BCUT2D eigenvalue weighted by molar-refractivity contribution is 0.329. The van der Waals surface area contributed by atoms with Crippen LogP contribution in [0.5, 0.6) is 0 Å². The van der Waals surface area contributed by atoms with E-state index in [-0.39, 0.29) is 18.3 Å². The van der Waals surface area contributed by atoms with Gasteiger partial charge < -0.3 is 15.2 Å². The minimum absolute atomic E-state index is 0. The van der Waals surface area contributed by atoms with Gasteiger partial charge in [0.1, 0.15) is 5.82 Å². The lowest BCUT2D eigenvalue weighted by Crippen LogP contribution is -2.33. The van der Waals surface area contributed by atoms with E-state index in [0.29, 0.717) is 12.4 Å². The second-order valence-electron chi connectivity index (χ2n) is 6.18. The Bertz CT molecular complexity index is 815. The molecule has 0 bridgehead atoms. The average molecular weight is 373 g/mol. The standard InChI is InChI=1S/C18H20N6O.ClH/c19-11-13-1-3-14(4-2-13)17-22-18(25-23-17)15-5-9-24(10-6-15)16-12-20-7-8-21-16;/h1-4,7-8,12,15H,5-6,9-11,19H2;1H. The normalized spacial score (nSPS) is 14.9. The monoisotopic (exact) mass is 372 g/mol. The quantitative estimate of drug-likeness (QED) is 0.752. The van der Waals surface area contributed by atoms with Gasteiger partial charge in [-0.2, -0.15) is 4.98 Å². The van der Waals surface area contributed by atoms with Crippen molar-refractivity contribution in [2.24, 2.45) is 5.73 Å². The molecule has 7 nitrogen and oxygen atoms in total. The molecule has 1 aliphatic rings. The molecule has 1 aromatic carbocycles. The Hall–Kier alpha value is -2.51. The van der Waals surface area contributed by atoms with Crippen LogP contribution in [0, 0.1) is 0 Å². The second-order valence-corrected chi connectivity index (χ2v) is 6.18. The summed E-state index contributed by atoms with van der Waals surface area (Å²) in [6.07, 6.45) is 7.14. The van der Waals surface area contributed by atoms with Gasteiger partial charge in [0.15, 0.2) is 0 Å². The van der Waals surface area contributed by atoms with Crippen molar-refractivity contribution in [1.82, 2.24) is 20.1 Å².